The number of halogens is 2. The lowest BCUT2D eigenvalue weighted by atomic mass is 10.2. The Morgan fingerprint density at radius 2 is 1.75 bits per heavy atom. The van der Waals surface area contributed by atoms with Crippen molar-refractivity contribution < 1.29 is 13.2 Å². The van der Waals surface area contributed by atoms with Gasteiger partial charge in [0.2, 0.25) is 0 Å². The molecule has 0 spiro atoms. The van der Waals surface area contributed by atoms with E-state index in [1.165, 1.54) is 6.07 Å². The van der Waals surface area contributed by atoms with Gasteiger partial charge in [0, 0.05) is 15.7 Å². The van der Waals surface area contributed by atoms with E-state index in [-0.39, 0.29) is 17.3 Å². The summed E-state index contributed by atoms with van der Waals surface area (Å²) in [5.74, 6) is 0.237. The average Bonchev–Trinajstić information content (AvgIpc) is 2.38. The fourth-order valence-corrected chi connectivity index (χ4v) is 2.85. The molecule has 6 heteroatoms. The SMILES string of the molecule is Cc1ccc(OCc2ccc(Cl)cc2)c(S(=O)(=O)Cl)c1. The van der Waals surface area contributed by atoms with Crippen LogP contribution in [-0.4, -0.2) is 8.42 Å². The van der Waals surface area contributed by atoms with Crippen LogP contribution in [0.25, 0.3) is 0 Å². The zero-order valence-electron chi connectivity index (χ0n) is 10.6. The number of benzene rings is 2. The summed E-state index contributed by atoms with van der Waals surface area (Å²) in [6.07, 6.45) is 0. The van der Waals surface area contributed by atoms with Crippen molar-refractivity contribution in [2.75, 3.05) is 0 Å². The van der Waals surface area contributed by atoms with Crippen molar-refractivity contribution in [3.8, 4) is 5.75 Å². The molecule has 2 aromatic rings. The van der Waals surface area contributed by atoms with Gasteiger partial charge in [-0.05, 0) is 42.3 Å². The van der Waals surface area contributed by atoms with Crippen molar-refractivity contribution >= 4 is 31.3 Å². The highest BCUT2D eigenvalue weighted by molar-refractivity contribution is 8.13. The van der Waals surface area contributed by atoms with E-state index in [0.717, 1.165) is 11.1 Å². The molecule has 0 amide bonds. The number of ether oxygens (including phenoxy) is 1. The summed E-state index contributed by atoms with van der Waals surface area (Å²) in [6, 6.07) is 12.0. The van der Waals surface area contributed by atoms with Gasteiger partial charge in [0.1, 0.15) is 17.3 Å². The second-order valence-electron chi connectivity index (χ2n) is 4.30. The summed E-state index contributed by atoms with van der Waals surface area (Å²) in [5.41, 5.74) is 1.68. The molecule has 0 aliphatic rings. The van der Waals surface area contributed by atoms with Crippen LogP contribution in [0, 0.1) is 6.92 Å². The van der Waals surface area contributed by atoms with Crippen LogP contribution in [0.4, 0.5) is 0 Å². The molecule has 0 unspecified atom stereocenters. The van der Waals surface area contributed by atoms with Gasteiger partial charge in [0.25, 0.3) is 9.05 Å². The highest BCUT2D eigenvalue weighted by Gasteiger charge is 2.17. The summed E-state index contributed by atoms with van der Waals surface area (Å²) in [7, 11) is 1.57. The molecule has 0 aliphatic heterocycles. The Kier molecular flexibility index (Phi) is 4.58. The topological polar surface area (TPSA) is 43.4 Å². The zero-order chi connectivity index (χ0) is 14.8. The van der Waals surface area contributed by atoms with Crippen molar-refractivity contribution in [1.82, 2.24) is 0 Å². The van der Waals surface area contributed by atoms with Gasteiger partial charge in [-0.1, -0.05) is 29.8 Å². The van der Waals surface area contributed by atoms with Gasteiger partial charge in [0.15, 0.2) is 0 Å². The van der Waals surface area contributed by atoms with E-state index in [4.69, 9.17) is 27.0 Å². The van der Waals surface area contributed by atoms with Crippen LogP contribution >= 0.6 is 22.3 Å². The largest absolute Gasteiger partial charge is 0.487 e. The first-order valence-corrected chi connectivity index (χ1v) is 8.47. The quantitative estimate of drug-likeness (QED) is 0.790. The smallest absolute Gasteiger partial charge is 0.264 e. The van der Waals surface area contributed by atoms with Crippen LogP contribution in [0.1, 0.15) is 11.1 Å². The Balaban J connectivity index is 2.23. The van der Waals surface area contributed by atoms with E-state index < -0.39 is 9.05 Å². The minimum atomic E-state index is -3.84. The zero-order valence-corrected chi connectivity index (χ0v) is 13.0. The highest BCUT2D eigenvalue weighted by Crippen LogP contribution is 2.28. The van der Waals surface area contributed by atoms with Crippen LogP contribution in [0.2, 0.25) is 5.02 Å². The molecule has 0 N–H and O–H groups in total. The second-order valence-corrected chi connectivity index (χ2v) is 7.27. The predicted octanol–water partition coefficient (Wildman–Crippen LogP) is 4.15. The molecule has 0 atom stereocenters. The molecule has 106 valence electrons. The molecule has 0 bridgehead atoms. The Bertz CT molecular complexity index is 710. The average molecular weight is 331 g/mol. The summed E-state index contributed by atoms with van der Waals surface area (Å²) in [5, 5.41) is 0.633. The van der Waals surface area contributed by atoms with Crippen LogP contribution < -0.4 is 4.74 Å². The monoisotopic (exact) mass is 330 g/mol. The van der Waals surface area contributed by atoms with Gasteiger partial charge < -0.3 is 4.74 Å². The number of hydrogen-bond acceptors (Lipinski definition) is 3. The second kappa shape index (κ2) is 6.04. The molecular formula is C14H12Cl2O3S. The minimum Gasteiger partial charge on any atom is -0.487 e. The third-order valence-electron chi connectivity index (χ3n) is 2.67. The number of hydrogen-bond donors (Lipinski definition) is 0. The third-order valence-corrected chi connectivity index (χ3v) is 4.26. The lowest BCUT2D eigenvalue weighted by molar-refractivity contribution is 0.298. The number of aryl methyl sites for hydroxylation is 1. The molecule has 20 heavy (non-hydrogen) atoms. The van der Waals surface area contributed by atoms with Gasteiger partial charge in [-0.3, -0.25) is 0 Å². The Labute approximate surface area is 127 Å². The van der Waals surface area contributed by atoms with E-state index in [0.29, 0.717) is 5.02 Å². The molecule has 0 fully saturated rings. The molecule has 0 aromatic heterocycles. The number of rotatable bonds is 4. The van der Waals surface area contributed by atoms with Crippen LogP contribution in [0.15, 0.2) is 47.4 Å². The fourth-order valence-electron chi connectivity index (χ4n) is 1.67. The molecule has 0 heterocycles. The van der Waals surface area contributed by atoms with Crippen molar-refractivity contribution in [1.29, 1.82) is 0 Å². The molecule has 3 nitrogen and oxygen atoms in total. The third kappa shape index (κ3) is 3.88. The molecule has 0 saturated carbocycles. The highest BCUT2D eigenvalue weighted by atomic mass is 35.7. The Hall–Kier alpha value is -1.23. The first-order valence-electron chi connectivity index (χ1n) is 5.79. The fraction of sp³-hybridized carbons (Fsp3) is 0.143. The lowest BCUT2D eigenvalue weighted by Gasteiger charge is -2.10. The normalized spacial score (nSPS) is 11.3. The minimum absolute atomic E-state index is 0.0202. The van der Waals surface area contributed by atoms with Crippen LogP contribution in [0.5, 0.6) is 5.75 Å². The van der Waals surface area contributed by atoms with E-state index in [1.807, 2.05) is 12.1 Å². The van der Waals surface area contributed by atoms with E-state index in [9.17, 15) is 8.42 Å². The molecule has 0 saturated heterocycles. The Morgan fingerprint density at radius 1 is 1.10 bits per heavy atom. The van der Waals surface area contributed by atoms with Gasteiger partial charge in [-0.2, -0.15) is 0 Å². The van der Waals surface area contributed by atoms with Crippen molar-refractivity contribution in [3.63, 3.8) is 0 Å². The first kappa shape index (κ1) is 15.2. The molecular weight excluding hydrogens is 319 g/mol. The first-order chi connectivity index (χ1) is 9.36. The van der Waals surface area contributed by atoms with Gasteiger partial charge in [-0.15, -0.1) is 0 Å². The standard InChI is InChI=1S/C14H12Cl2O3S/c1-10-2-7-13(14(8-10)20(16,17)18)19-9-11-3-5-12(15)6-4-11/h2-8H,9H2,1H3. The summed E-state index contributed by atoms with van der Waals surface area (Å²) >= 11 is 5.79. The summed E-state index contributed by atoms with van der Waals surface area (Å²) in [6.45, 7) is 2.02. The lowest BCUT2D eigenvalue weighted by Crippen LogP contribution is -2.01. The van der Waals surface area contributed by atoms with Crippen LogP contribution in [0.3, 0.4) is 0 Å². The van der Waals surface area contributed by atoms with Crippen molar-refractivity contribution in [3.05, 3.63) is 58.6 Å². The van der Waals surface area contributed by atoms with Gasteiger partial charge >= 0.3 is 0 Å². The van der Waals surface area contributed by atoms with Gasteiger partial charge in [0.05, 0.1) is 0 Å². The maximum atomic E-state index is 11.5. The maximum Gasteiger partial charge on any atom is 0.264 e. The molecule has 2 aromatic carbocycles. The van der Waals surface area contributed by atoms with Crippen molar-refractivity contribution in [2.45, 2.75) is 18.4 Å². The molecule has 2 rings (SSSR count). The summed E-state index contributed by atoms with van der Waals surface area (Å²) < 4.78 is 28.6. The molecule has 0 radical (unpaired) electrons. The summed E-state index contributed by atoms with van der Waals surface area (Å²) in [4.78, 5) is -0.0202. The van der Waals surface area contributed by atoms with Gasteiger partial charge in [-0.25, -0.2) is 8.42 Å². The maximum absolute atomic E-state index is 11.5. The predicted molar refractivity (Wildman–Crippen MR) is 80.0 cm³/mol. The van der Waals surface area contributed by atoms with E-state index >= 15 is 0 Å². The van der Waals surface area contributed by atoms with Crippen LogP contribution in [-0.2, 0) is 15.7 Å². The van der Waals surface area contributed by atoms with Crippen molar-refractivity contribution in [2.24, 2.45) is 0 Å². The van der Waals surface area contributed by atoms with E-state index in [2.05, 4.69) is 0 Å². The Morgan fingerprint density at radius 3 is 2.35 bits per heavy atom. The van der Waals surface area contributed by atoms with E-state index in [1.54, 1.807) is 31.2 Å². The molecule has 0 aliphatic carbocycles.